The molecule has 0 aliphatic rings. The Morgan fingerprint density at radius 3 is 2.40 bits per heavy atom. The van der Waals surface area contributed by atoms with Crippen molar-refractivity contribution >= 4 is 11.1 Å². The van der Waals surface area contributed by atoms with E-state index in [4.69, 9.17) is 4.55 Å². The van der Waals surface area contributed by atoms with Gasteiger partial charge in [-0.05, 0) is 13.8 Å². The van der Waals surface area contributed by atoms with Crippen LogP contribution in [-0.2, 0) is 11.1 Å². The van der Waals surface area contributed by atoms with Crippen molar-refractivity contribution in [3.8, 4) is 0 Å². The van der Waals surface area contributed by atoms with Crippen LogP contribution in [0.1, 0.15) is 11.4 Å². The predicted molar refractivity (Wildman–Crippen MR) is 37.1 cm³/mol. The third-order valence-electron chi connectivity index (χ3n) is 1.27. The molecular formula is C5H8N2O2S. The molecule has 0 bridgehead atoms. The van der Waals surface area contributed by atoms with Crippen LogP contribution < -0.4 is 0 Å². The van der Waals surface area contributed by atoms with Gasteiger partial charge >= 0.3 is 0 Å². The summed E-state index contributed by atoms with van der Waals surface area (Å²) in [6.07, 6.45) is 0. The van der Waals surface area contributed by atoms with E-state index in [0.717, 1.165) is 11.4 Å². The molecule has 1 rings (SSSR count). The highest BCUT2D eigenvalue weighted by molar-refractivity contribution is 7.79. The van der Waals surface area contributed by atoms with Crippen LogP contribution >= 0.6 is 0 Å². The van der Waals surface area contributed by atoms with Crippen molar-refractivity contribution in [2.24, 2.45) is 0 Å². The summed E-state index contributed by atoms with van der Waals surface area (Å²) in [5, 5.41) is 0.120. The number of imidazole rings is 1. The van der Waals surface area contributed by atoms with E-state index in [0.29, 0.717) is 0 Å². The van der Waals surface area contributed by atoms with Crippen LogP contribution in [0.15, 0.2) is 5.16 Å². The Kier molecular flexibility index (Phi) is 1.87. The maximum atomic E-state index is 10.4. The second kappa shape index (κ2) is 2.51. The van der Waals surface area contributed by atoms with Gasteiger partial charge in [0.15, 0.2) is 0 Å². The SMILES string of the molecule is Cc1nc(S(=O)O)[nH]c1C. The van der Waals surface area contributed by atoms with Crippen LogP contribution in [0.3, 0.4) is 0 Å². The van der Waals surface area contributed by atoms with E-state index in [2.05, 4.69) is 9.97 Å². The van der Waals surface area contributed by atoms with E-state index >= 15 is 0 Å². The lowest BCUT2D eigenvalue weighted by Gasteiger charge is -1.82. The molecule has 10 heavy (non-hydrogen) atoms. The number of aromatic amines is 1. The molecule has 5 heteroatoms. The van der Waals surface area contributed by atoms with Crippen molar-refractivity contribution in [3.63, 3.8) is 0 Å². The van der Waals surface area contributed by atoms with Crippen LogP contribution in [0.5, 0.6) is 0 Å². The Labute approximate surface area is 61.0 Å². The van der Waals surface area contributed by atoms with Crippen molar-refractivity contribution in [2.75, 3.05) is 0 Å². The molecule has 0 radical (unpaired) electrons. The van der Waals surface area contributed by atoms with Gasteiger partial charge in [0.05, 0.1) is 5.69 Å². The van der Waals surface area contributed by atoms with Crippen molar-refractivity contribution in [1.82, 2.24) is 9.97 Å². The van der Waals surface area contributed by atoms with E-state index < -0.39 is 11.1 Å². The lowest BCUT2D eigenvalue weighted by molar-refractivity contribution is 0.556. The van der Waals surface area contributed by atoms with Crippen molar-refractivity contribution in [1.29, 1.82) is 0 Å². The van der Waals surface area contributed by atoms with Gasteiger partial charge in [0, 0.05) is 5.69 Å². The number of nitrogens with one attached hydrogen (secondary N) is 1. The van der Waals surface area contributed by atoms with Gasteiger partial charge in [0.25, 0.3) is 0 Å². The summed E-state index contributed by atoms with van der Waals surface area (Å²) < 4.78 is 18.9. The summed E-state index contributed by atoms with van der Waals surface area (Å²) >= 11 is -1.99. The van der Waals surface area contributed by atoms with Crippen LogP contribution in [0, 0.1) is 13.8 Å². The Bertz CT molecular complexity index is 249. The molecule has 0 spiro atoms. The number of hydrogen-bond donors (Lipinski definition) is 2. The third kappa shape index (κ3) is 1.25. The van der Waals surface area contributed by atoms with Gasteiger partial charge in [-0.2, -0.15) is 0 Å². The smallest absolute Gasteiger partial charge is 0.225 e. The minimum absolute atomic E-state index is 0.120. The lowest BCUT2D eigenvalue weighted by atomic mass is 10.4. The second-order valence-corrected chi connectivity index (χ2v) is 2.89. The normalized spacial score (nSPS) is 13.5. The van der Waals surface area contributed by atoms with E-state index in [1.807, 2.05) is 0 Å². The predicted octanol–water partition coefficient (Wildman–Crippen LogP) is 0.607. The van der Waals surface area contributed by atoms with Crippen molar-refractivity contribution < 1.29 is 8.76 Å². The largest absolute Gasteiger partial charge is 0.333 e. The number of aromatic nitrogens is 2. The Balaban J connectivity index is 3.10. The molecule has 0 saturated carbocycles. The van der Waals surface area contributed by atoms with Gasteiger partial charge in [-0.1, -0.05) is 0 Å². The van der Waals surface area contributed by atoms with E-state index in [1.54, 1.807) is 13.8 Å². The molecule has 56 valence electrons. The summed E-state index contributed by atoms with van der Waals surface area (Å²) in [7, 11) is 0. The van der Waals surface area contributed by atoms with Gasteiger partial charge < -0.3 is 4.98 Å². The maximum Gasteiger partial charge on any atom is 0.225 e. The standard InChI is InChI=1S/C5H8N2O2S/c1-3-4(2)7-5(6-3)10(8)9/h1-2H3,(H,6,7)(H,8,9). The minimum atomic E-state index is -1.99. The van der Waals surface area contributed by atoms with E-state index in [9.17, 15) is 4.21 Å². The Morgan fingerprint density at radius 1 is 1.60 bits per heavy atom. The molecule has 0 aliphatic carbocycles. The summed E-state index contributed by atoms with van der Waals surface area (Å²) in [4.78, 5) is 6.49. The molecule has 2 N–H and O–H groups in total. The first-order chi connectivity index (χ1) is 4.61. The van der Waals surface area contributed by atoms with Gasteiger partial charge in [-0.25, -0.2) is 9.19 Å². The fraction of sp³-hybridized carbons (Fsp3) is 0.400. The summed E-state index contributed by atoms with van der Waals surface area (Å²) in [6.45, 7) is 3.58. The number of rotatable bonds is 1. The molecule has 1 unspecified atom stereocenters. The molecule has 1 aromatic rings. The Morgan fingerprint density at radius 2 is 2.20 bits per heavy atom. The zero-order valence-electron chi connectivity index (χ0n) is 5.71. The minimum Gasteiger partial charge on any atom is -0.333 e. The number of hydrogen-bond acceptors (Lipinski definition) is 2. The Hall–Kier alpha value is -0.680. The molecule has 4 nitrogen and oxygen atoms in total. The zero-order valence-corrected chi connectivity index (χ0v) is 6.53. The zero-order chi connectivity index (χ0) is 7.72. The molecule has 1 aromatic heterocycles. The van der Waals surface area contributed by atoms with Gasteiger partial charge in [0.2, 0.25) is 16.2 Å². The molecular weight excluding hydrogens is 152 g/mol. The monoisotopic (exact) mass is 160 g/mol. The highest BCUT2D eigenvalue weighted by Gasteiger charge is 2.05. The summed E-state index contributed by atoms with van der Waals surface area (Å²) in [6, 6.07) is 0. The molecule has 0 saturated heterocycles. The fourth-order valence-corrected chi connectivity index (χ4v) is 1.05. The van der Waals surface area contributed by atoms with E-state index in [1.165, 1.54) is 0 Å². The maximum absolute atomic E-state index is 10.4. The first-order valence-electron chi connectivity index (χ1n) is 2.75. The van der Waals surface area contributed by atoms with E-state index in [-0.39, 0.29) is 5.16 Å². The highest BCUT2D eigenvalue weighted by Crippen LogP contribution is 2.04. The van der Waals surface area contributed by atoms with Crippen molar-refractivity contribution in [2.45, 2.75) is 19.0 Å². The topological polar surface area (TPSA) is 66.0 Å². The van der Waals surface area contributed by atoms with Crippen molar-refractivity contribution in [3.05, 3.63) is 11.4 Å². The summed E-state index contributed by atoms with van der Waals surface area (Å²) in [5.74, 6) is 0. The number of H-pyrrole nitrogens is 1. The average molecular weight is 160 g/mol. The van der Waals surface area contributed by atoms with Crippen LogP contribution in [-0.4, -0.2) is 18.7 Å². The summed E-state index contributed by atoms with van der Waals surface area (Å²) in [5.41, 5.74) is 1.59. The van der Waals surface area contributed by atoms with Crippen LogP contribution in [0.2, 0.25) is 0 Å². The first kappa shape index (κ1) is 7.43. The molecule has 0 amide bonds. The molecule has 0 aromatic carbocycles. The third-order valence-corrected chi connectivity index (χ3v) is 1.80. The highest BCUT2D eigenvalue weighted by atomic mass is 32.2. The van der Waals surface area contributed by atoms with Gasteiger partial charge in [0.1, 0.15) is 0 Å². The van der Waals surface area contributed by atoms with Crippen LogP contribution in [0.4, 0.5) is 0 Å². The number of nitrogens with zero attached hydrogens (tertiary/aromatic N) is 1. The average Bonchev–Trinajstić information content (AvgIpc) is 2.13. The molecule has 0 aliphatic heterocycles. The lowest BCUT2D eigenvalue weighted by Crippen LogP contribution is -1.90. The quantitative estimate of drug-likeness (QED) is 0.591. The van der Waals surface area contributed by atoms with Gasteiger partial charge in [-0.15, -0.1) is 0 Å². The van der Waals surface area contributed by atoms with Gasteiger partial charge in [-0.3, -0.25) is 4.55 Å². The molecule has 1 atom stereocenters. The molecule has 1 heterocycles. The second-order valence-electron chi connectivity index (χ2n) is 2.00. The number of aryl methyl sites for hydroxylation is 2. The van der Waals surface area contributed by atoms with Crippen LogP contribution in [0.25, 0.3) is 0 Å². The molecule has 0 fully saturated rings. The first-order valence-corrected chi connectivity index (χ1v) is 3.86. The fourth-order valence-electron chi connectivity index (χ4n) is 0.598.